The molecule has 0 aromatic rings. The molecule has 0 aliphatic carbocycles. The Bertz CT molecular complexity index is 137. The van der Waals surface area contributed by atoms with Crippen LogP contribution in [0, 0.1) is 0 Å². The molecule has 0 aromatic heterocycles. The molecule has 0 radical (unpaired) electrons. The molecule has 3 heteroatoms. The maximum absolute atomic E-state index is 8.62. The Labute approximate surface area is 46.9 Å². The molecule has 0 aromatic carbocycles. The lowest BCUT2D eigenvalue weighted by Crippen LogP contribution is -2.11. The van der Waals surface area contributed by atoms with Crippen LogP contribution in [0.3, 0.4) is 0 Å². The summed E-state index contributed by atoms with van der Waals surface area (Å²) < 4.78 is 9.33. The molecule has 0 saturated carbocycles. The predicted octanol–water partition coefficient (Wildman–Crippen LogP) is 0.397. The molecule has 0 bridgehead atoms. The van der Waals surface area contributed by atoms with Crippen LogP contribution in [-0.4, -0.2) is 17.6 Å². The van der Waals surface area contributed by atoms with Gasteiger partial charge in [-0.15, -0.1) is 0 Å². The first-order chi connectivity index (χ1) is 3.79. The van der Waals surface area contributed by atoms with Crippen molar-refractivity contribution in [2.75, 3.05) is 6.79 Å². The second-order valence-electron chi connectivity index (χ2n) is 1.50. The van der Waals surface area contributed by atoms with Crippen LogP contribution in [0.5, 0.6) is 0 Å². The molecule has 1 rings (SSSR count). The van der Waals surface area contributed by atoms with Crippen molar-refractivity contribution in [2.45, 2.75) is 6.92 Å². The Balaban J connectivity index is 2.64. The zero-order chi connectivity index (χ0) is 5.98. The lowest BCUT2D eigenvalue weighted by atomic mass is 10.5. The topological polar surface area (TPSA) is 39.9 Å². The van der Waals surface area contributed by atoms with Crippen LogP contribution in [-0.2, 0) is 9.47 Å². The zero-order valence-corrected chi connectivity index (χ0v) is 4.55. The third-order valence-electron chi connectivity index (χ3n) is 0.820. The number of cyclic esters (lactones) is 1. The highest BCUT2D eigenvalue weighted by atomic mass is 16.7. The van der Waals surface area contributed by atoms with Gasteiger partial charge in [-0.25, -0.2) is 0 Å². The van der Waals surface area contributed by atoms with E-state index < -0.39 is 0 Å². The molecule has 0 fully saturated rings. The highest BCUT2D eigenvalue weighted by Crippen LogP contribution is 2.01. The maximum atomic E-state index is 8.62. The average molecular weight is 115 g/mol. The lowest BCUT2D eigenvalue weighted by molar-refractivity contribution is 0.0353. The Morgan fingerprint density at radius 3 is 2.75 bits per heavy atom. The number of rotatable bonds is 0. The minimum absolute atomic E-state index is 0.0752. The Morgan fingerprint density at radius 1 is 1.62 bits per heavy atom. The van der Waals surface area contributed by atoms with Crippen LogP contribution < -0.4 is 0 Å². The van der Waals surface area contributed by atoms with Gasteiger partial charge in [0.1, 0.15) is 11.8 Å². The number of allylic oxidation sites excluding steroid dienone is 1. The summed E-state index contributed by atoms with van der Waals surface area (Å²) in [4.78, 5) is 8.62. The first kappa shape index (κ1) is 5.15. The second-order valence-corrected chi connectivity index (χ2v) is 1.50. The van der Waals surface area contributed by atoms with E-state index in [1.54, 1.807) is 6.92 Å². The van der Waals surface area contributed by atoms with Gasteiger partial charge in [0.2, 0.25) is 0 Å². The molecule has 1 aliphatic rings. The van der Waals surface area contributed by atoms with Gasteiger partial charge in [0, 0.05) is 0 Å². The van der Waals surface area contributed by atoms with Crippen molar-refractivity contribution in [1.82, 2.24) is 0 Å². The summed E-state index contributed by atoms with van der Waals surface area (Å²) in [6.45, 7) is 1.87. The lowest BCUT2D eigenvalue weighted by Gasteiger charge is -2.03. The molecule has 1 N–H and O–H groups in total. The number of hydrogen-bond acceptors (Lipinski definition) is 2. The first-order valence-corrected chi connectivity index (χ1v) is 2.29. The van der Waals surface area contributed by atoms with Crippen LogP contribution in [0.1, 0.15) is 6.92 Å². The molecule has 0 spiro atoms. The van der Waals surface area contributed by atoms with Gasteiger partial charge < -0.3 is 9.53 Å². The average Bonchev–Trinajstić information content (AvgIpc) is 1.64. The summed E-state index contributed by atoms with van der Waals surface area (Å²) in [5.41, 5.74) is 0. The molecular formula is C5H7O3+. The molecule has 0 atom stereocenters. The SMILES string of the molecule is CC1=CC(=[OH+])OCO1. The van der Waals surface area contributed by atoms with Crippen LogP contribution in [0.2, 0.25) is 0 Å². The van der Waals surface area contributed by atoms with E-state index in [0.29, 0.717) is 5.76 Å². The third-order valence-corrected chi connectivity index (χ3v) is 0.820. The summed E-state index contributed by atoms with van der Waals surface area (Å²) in [7, 11) is 0. The summed E-state index contributed by atoms with van der Waals surface area (Å²) in [5, 5.41) is 0. The molecule has 1 heterocycles. The van der Waals surface area contributed by atoms with Crippen molar-refractivity contribution in [1.29, 1.82) is 0 Å². The van der Waals surface area contributed by atoms with Crippen LogP contribution in [0.25, 0.3) is 0 Å². The summed E-state index contributed by atoms with van der Waals surface area (Å²) in [6, 6.07) is 0. The maximum Gasteiger partial charge on any atom is 0.516 e. The molecule has 0 amide bonds. The molecule has 3 nitrogen and oxygen atoms in total. The van der Waals surface area contributed by atoms with E-state index in [9.17, 15) is 0 Å². The van der Waals surface area contributed by atoms with Gasteiger partial charge >= 0.3 is 12.8 Å². The van der Waals surface area contributed by atoms with Gasteiger partial charge in [-0.1, -0.05) is 0 Å². The normalized spacial score (nSPS) is 18.6. The Morgan fingerprint density at radius 2 is 2.38 bits per heavy atom. The fourth-order valence-electron chi connectivity index (χ4n) is 0.440. The second kappa shape index (κ2) is 1.86. The largest absolute Gasteiger partial charge is 0.516 e. The number of carbonyl (C=O) groups excluding carboxylic acids is 1. The first-order valence-electron chi connectivity index (χ1n) is 2.29. The van der Waals surface area contributed by atoms with Crippen molar-refractivity contribution in [3.63, 3.8) is 0 Å². The number of ether oxygens (including phenoxy) is 2. The summed E-state index contributed by atoms with van der Waals surface area (Å²) in [6.07, 6.45) is 1.42. The van der Waals surface area contributed by atoms with E-state index >= 15 is 0 Å². The van der Waals surface area contributed by atoms with E-state index in [1.807, 2.05) is 0 Å². The Hall–Kier alpha value is -0.990. The van der Waals surface area contributed by atoms with Gasteiger partial charge in [0.15, 0.2) is 0 Å². The van der Waals surface area contributed by atoms with Crippen LogP contribution >= 0.6 is 0 Å². The molecule has 44 valence electrons. The molecule has 1 aliphatic heterocycles. The van der Waals surface area contributed by atoms with E-state index in [-0.39, 0.29) is 12.8 Å². The minimum atomic E-state index is -0.0752. The number of esters is 1. The van der Waals surface area contributed by atoms with Crippen LogP contribution in [0.4, 0.5) is 0 Å². The summed E-state index contributed by atoms with van der Waals surface area (Å²) >= 11 is 0. The van der Waals surface area contributed by atoms with Gasteiger partial charge in [-0.05, 0) is 6.92 Å². The van der Waals surface area contributed by atoms with Crippen molar-refractivity contribution in [3.05, 3.63) is 11.8 Å². The smallest absolute Gasteiger partial charge is 0.439 e. The van der Waals surface area contributed by atoms with E-state index in [1.165, 1.54) is 6.08 Å². The highest BCUT2D eigenvalue weighted by molar-refractivity contribution is 5.83. The molecule has 0 saturated heterocycles. The monoisotopic (exact) mass is 115 g/mol. The van der Waals surface area contributed by atoms with Crippen molar-refractivity contribution >= 4 is 5.97 Å². The van der Waals surface area contributed by atoms with Gasteiger partial charge in [0.05, 0.1) is 0 Å². The van der Waals surface area contributed by atoms with Gasteiger partial charge in [0.25, 0.3) is 0 Å². The minimum Gasteiger partial charge on any atom is -0.439 e. The predicted molar refractivity (Wildman–Crippen MR) is 27.7 cm³/mol. The molecule has 8 heavy (non-hydrogen) atoms. The Kier molecular flexibility index (Phi) is 1.20. The van der Waals surface area contributed by atoms with Crippen molar-refractivity contribution in [3.8, 4) is 0 Å². The fraction of sp³-hybridized carbons (Fsp3) is 0.400. The zero-order valence-electron chi connectivity index (χ0n) is 4.55. The standard InChI is InChI=1S/C5H6O3/c1-4-2-5(6)8-3-7-4/h2H,3H2,1H3/p+1. The van der Waals surface area contributed by atoms with Gasteiger partial charge in [-0.2, -0.15) is 0 Å². The highest BCUT2D eigenvalue weighted by Gasteiger charge is 2.14. The number of hydrogen-bond donors (Lipinski definition) is 0. The van der Waals surface area contributed by atoms with Crippen LogP contribution in [0.15, 0.2) is 11.8 Å². The summed E-state index contributed by atoms with van der Waals surface area (Å²) in [5.74, 6) is 0.600. The molecular weight excluding hydrogens is 108 g/mol. The van der Waals surface area contributed by atoms with Crippen molar-refractivity contribution in [2.24, 2.45) is 0 Å². The van der Waals surface area contributed by atoms with Crippen molar-refractivity contribution < 1.29 is 14.3 Å². The fourth-order valence-corrected chi connectivity index (χ4v) is 0.440. The van der Waals surface area contributed by atoms with Gasteiger partial charge in [-0.3, -0.25) is 4.74 Å². The van der Waals surface area contributed by atoms with E-state index in [0.717, 1.165) is 0 Å². The third kappa shape index (κ3) is 0.992. The van der Waals surface area contributed by atoms with E-state index in [4.69, 9.17) is 9.53 Å². The van der Waals surface area contributed by atoms with E-state index in [2.05, 4.69) is 4.74 Å². The molecule has 0 unspecified atom stereocenters. The quantitative estimate of drug-likeness (QED) is 0.338.